The smallest absolute Gasteiger partial charge is 0.294 e. The topological polar surface area (TPSA) is 67.8 Å². The Kier molecular flexibility index (Phi) is 3.43. The molecule has 2 heterocycles. The van der Waals surface area contributed by atoms with E-state index in [1.807, 2.05) is 0 Å². The van der Waals surface area contributed by atoms with Gasteiger partial charge in [0.25, 0.3) is 5.56 Å². The van der Waals surface area contributed by atoms with Crippen molar-refractivity contribution in [1.29, 1.82) is 0 Å². The van der Waals surface area contributed by atoms with Crippen molar-refractivity contribution < 1.29 is 13.2 Å². The summed E-state index contributed by atoms with van der Waals surface area (Å²) in [7, 11) is 0. The molecule has 0 bridgehead atoms. The van der Waals surface area contributed by atoms with E-state index in [0.29, 0.717) is 10.9 Å². The number of halogens is 3. The molecule has 0 fully saturated rings. The molecule has 2 aromatic rings. The molecule has 0 saturated carbocycles. The van der Waals surface area contributed by atoms with Crippen LogP contribution in [0.3, 0.4) is 0 Å². The largest absolute Gasteiger partial charge is 0.416 e. The number of hydrogen-bond donors (Lipinski definition) is 1. The van der Waals surface area contributed by atoms with E-state index in [2.05, 4.69) is 9.97 Å². The van der Waals surface area contributed by atoms with Crippen LogP contribution in [0.15, 0.2) is 64.2 Å². The van der Waals surface area contributed by atoms with E-state index in [4.69, 9.17) is 0 Å². The number of pyridine rings is 1. The minimum Gasteiger partial charge on any atom is -0.294 e. The summed E-state index contributed by atoms with van der Waals surface area (Å²) in [5.41, 5.74) is -1.56. The number of nitrogens with zero attached hydrogens (tertiary/aromatic N) is 2. The standard InChI is InChI=1S/C18H10F3N3O2/c19-18(20,21)11-5-3-6-12(9-11)24-14-7-2-1-4-10(14)8-13-15(24)22-17(26)23-16(13)25/h1-9H,(H,23,25,26). The number of fused-ring (bicyclic) bond motifs is 2. The molecule has 0 aliphatic carbocycles. The lowest BCUT2D eigenvalue weighted by Crippen LogP contribution is -2.27. The summed E-state index contributed by atoms with van der Waals surface area (Å²) < 4.78 is 40.7. The third-order valence-electron chi connectivity index (χ3n) is 4.03. The van der Waals surface area contributed by atoms with E-state index in [-0.39, 0.29) is 17.1 Å². The van der Waals surface area contributed by atoms with Gasteiger partial charge in [-0.25, -0.2) is 4.79 Å². The number of aromatic nitrogens is 3. The van der Waals surface area contributed by atoms with Crippen LogP contribution in [0.5, 0.6) is 0 Å². The van der Waals surface area contributed by atoms with Crippen molar-refractivity contribution in [3.8, 4) is 17.1 Å². The molecule has 26 heavy (non-hydrogen) atoms. The number of para-hydroxylation sites is 1. The van der Waals surface area contributed by atoms with Gasteiger partial charge in [-0.1, -0.05) is 24.3 Å². The molecular weight excluding hydrogens is 347 g/mol. The first-order chi connectivity index (χ1) is 12.3. The fourth-order valence-electron chi connectivity index (χ4n) is 2.92. The normalized spacial score (nSPS) is 12.0. The summed E-state index contributed by atoms with van der Waals surface area (Å²) >= 11 is 0. The fraction of sp³-hybridized carbons (Fsp3) is 0.0556. The molecule has 4 rings (SSSR count). The highest BCUT2D eigenvalue weighted by molar-refractivity contribution is 5.87. The molecule has 1 N–H and O–H groups in total. The highest BCUT2D eigenvalue weighted by atomic mass is 19.4. The number of aromatic amines is 1. The highest BCUT2D eigenvalue weighted by Crippen LogP contribution is 2.33. The Morgan fingerprint density at radius 1 is 0.962 bits per heavy atom. The zero-order valence-corrected chi connectivity index (χ0v) is 13.0. The Labute approximate surface area is 143 Å². The average molecular weight is 357 g/mol. The zero-order valence-electron chi connectivity index (χ0n) is 13.0. The van der Waals surface area contributed by atoms with Crippen LogP contribution in [-0.2, 0) is 6.18 Å². The van der Waals surface area contributed by atoms with Gasteiger partial charge < -0.3 is 0 Å². The quantitative estimate of drug-likeness (QED) is 0.532. The van der Waals surface area contributed by atoms with E-state index < -0.39 is 23.0 Å². The van der Waals surface area contributed by atoms with Crippen molar-refractivity contribution in [3.63, 3.8) is 0 Å². The second-order valence-corrected chi connectivity index (χ2v) is 5.70. The first-order valence-corrected chi connectivity index (χ1v) is 7.57. The minimum absolute atomic E-state index is 0.00299. The molecule has 130 valence electrons. The second-order valence-electron chi connectivity index (χ2n) is 5.70. The summed E-state index contributed by atoms with van der Waals surface area (Å²) in [6.07, 6.45) is -4.52. The van der Waals surface area contributed by atoms with Gasteiger partial charge >= 0.3 is 11.9 Å². The van der Waals surface area contributed by atoms with Gasteiger partial charge in [-0.05, 0) is 35.7 Å². The summed E-state index contributed by atoms with van der Waals surface area (Å²) in [6.45, 7) is 0. The summed E-state index contributed by atoms with van der Waals surface area (Å²) in [6, 6.07) is 13.1. The van der Waals surface area contributed by atoms with Crippen LogP contribution >= 0.6 is 0 Å². The lowest BCUT2D eigenvalue weighted by atomic mass is 10.1. The van der Waals surface area contributed by atoms with Crippen molar-refractivity contribution in [2.75, 3.05) is 0 Å². The molecule has 0 atom stereocenters. The van der Waals surface area contributed by atoms with Gasteiger partial charge in [-0.2, -0.15) is 18.2 Å². The van der Waals surface area contributed by atoms with E-state index in [9.17, 15) is 22.8 Å². The summed E-state index contributed by atoms with van der Waals surface area (Å²) in [4.78, 5) is 29.8. The molecule has 2 aliphatic rings. The number of nitrogens with one attached hydrogen (secondary N) is 1. The fourth-order valence-corrected chi connectivity index (χ4v) is 2.92. The third kappa shape index (κ3) is 2.55. The number of H-pyrrole nitrogens is 1. The molecule has 0 aromatic heterocycles. The van der Waals surface area contributed by atoms with Crippen molar-refractivity contribution in [1.82, 2.24) is 14.5 Å². The first kappa shape index (κ1) is 16.1. The summed E-state index contributed by atoms with van der Waals surface area (Å²) in [5, 5.41) is 0.628. The van der Waals surface area contributed by atoms with Crippen LogP contribution in [-0.4, -0.2) is 14.5 Å². The molecule has 2 aliphatic heterocycles. The average Bonchev–Trinajstić information content (AvgIpc) is 2.59. The predicted molar refractivity (Wildman–Crippen MR) is 89.6 cm³/mol. The van der Waals surface area contributed by atoms with Gasteiger partial charge in [0.05, 0.1) is 16.6 Å². The Bertz CT molecular complexity index is 1220. The molecule has 8 heteroatoms. The molecule has 5 nitrogen and oxygen atoms in total. The van der Waals surface area contributed by atoms with Gasteiger partial charge in [0.2, 0.25) is 0 Å². The Morgan fingerprint density at radius 2 is 1.73 bits per heavy atom. The maximum Gasteiger partial charge on any atom is 0.416 e. The van der Waals surface area contributed by atoms with E-state index in [1.165, 1.54) is 16.7 Å². The van der Waals surface area contributed by atoms with Crippen LogP contribution < -0.4 is 11.2 Å². The minimum atomic E-state index is -4.52. The Morgan fingerprint density at radius 3 is 2.50 bits per heavy atom. The van der Waals surface area contributed by atoms with Crippen molar-refractivity contribution in [3.05, 3.63) is 81.0 Å². The molecular formula is C18H10F3N3O2. The Hall–Kier alpha value is -3.42. The van der Waals surface area contributed by atoms with Gasteiger partial charge in [-0.15, -0.1) is 0 Å². The number of hydrogen-bond acceptors (Lipinski definition) is 3. The number of alkyl halides is 3. The summed E-state index contributed by atoms with van der Waals surface area (Å²) in [5.74, 6) is -0.00299. The van der Waals surface area contributed by atoms with Gasteiger partial charge in [0.1, 0.15) is 0 Å². The molecule has 0 radical (unpaired) electrons. The number of rotatable bonds is 1. The van der Waals surface area contributed by atoms with Crippen LogP contribution in [0.4, 0.5) is 13.2 Å². The SMILES string of the molecule is O=c1nc2n(-c3cccc(C(F)(F)F)c3)c3ccccc3cc-2c(=O)[nH]1. The van der Waals surface area contributed by atoms with Crippen LogP contribution in [0.2, 0.25) is 0 Å². The third-order valence-corrected chi connectivity index (χ3v) is 4.03. The van der Waals surface area contributed by atoms with Crippen molar-refractivity contribution in [2.24, 2.45) is 0 Å². The van der Waals surface area contributed by atoms with Gasteiger partial charge in [0, 0.05) is 5.69 Å². The predicted octanol–water partition coefficient (Wildman–Crippen LogP) is 3.20. The molecule has 0 spiro atoms. The van der Waals surface area contributed by atoms with E-state index in [1.54, 1.807) is 30.3 Å². The van der Waals surface area contributed by atoms with Crippen molar-refractivity contribution >= 4 is 10.9 Å². The van der Waals surface area contributed by atoms with E-state index in [0.717, 1.165) is 12.1 Å². The molecule has 0 amide bonds. The molecule has 0 unspecified atom stereocenters. The lowest BCUT2D eigenvalue weighted by molar-refractivity contribution is -0.137. The van der Waals surface area contributed by atoms with Gasteiger partial charge in [-0.3, -0.25) is 14.3 Å². The van der Waals surface area contributed by atoms with Crippen LogP contribution in [0, 0.1) is 0 Å². The maximum absolute atomic E-state index is 13.1. The number of benzene rings is 2. The molecule has 0 saturated heterocycles. The lowest BCUT2D eigenvalue weighted by Gasteiger charge is -2.18. The van der Waals surface area contributed by atoms with Crippen molar-refractivity contribution in [2.45, 2.75) is 6.18 Å². The zero-order chi connectivity index (χ0) is 18.5. The maximum atomic E-state index is 13.1. The molecule has 2 aromatic carbocycles. The van der Waals surface area contributed by atoms with Crippen LogP contribution in [0.1, 0.15) is 5.56 Å². The highest BCUT2D eigenvalue weighted by Gasteiger charge is 2.31. The Balaban J connectivity index is 2.17. The first-order valence-electron chi connectivity index (χ1n) is 7.57. The van der Waals surface area contributed by atoms with Crippen LogP contribution in [0.25, 0.3) is 28.0 Å². The monoisotopic (exact) mass is 357 g/mol. The van der Waals surface area contributed by atoms with Gasteiger partial charge in [0.15, 0.2) is 5.82 Å². The van der Waals surface area contributed by atoms with E-state index >= 15 is 0 Å². The second kappa shape index (κ2) is 5.55.